The van der Waals surface area contributed by atoms with Gasteiger partial charge in [0.2, 0.25) is 0 Å². The number of hydrogen-bond acceptors (Lipinski definition) is 4. The van der Waals surface area contributed by atoms with Gasteiger partial charge in [0.25, 0.3) is 0 Å². The molecule has 0 amide bonds. The summed E-state index contributed by atoms with van der Waals surface area (Å²) in [5.41, 5.74) is 1.07. The van der Waals surface area contributed by atoms with Gasteiger partial charge in [-0.2, -0.15) is 0 Å². The van der Waals surface area contributed by atoms with E-state index in [4.69, 9.17) is 14.6 Å². The van der Waals surface area contributed by atoms with Gasteiger partial charge in [-0.1, -0.05) is 13.0 Å². The van der Waals surface area contributed by atoms with Crippen molar-refractivity contribution >= 4 is 5.97 Å². The summed E-state index contributed by atoms with van der Waals surface area (Å²) in [7, 11) is 1.53. The first-order chi connectivity index (χ1) is 8.67. The molecule has 0 aliphatic carbocycles. The van der Waals surface area contributed by atoms with E-state index < -0.39 is 5.97 Å². The van der Waals surface area contributed by atoms with Gasteiger partial charge in [0.1, 0.15) is 0 Å². The highest BCUT2D eigenvalue weighted by atomic mass is 16.5. The van der Waals surface area contributed by atoms with Crippen LogP contribution in [0.25, 0.3) is 0 Å². The standard InChI is InChI=1S/C13H19NO4/c1-3-6-14-8-10-4-5-11(12(7-10)17-2)18-9-13(15)16/h4-5,7,14H,3,6,8-9H2,1-2H3,(H,15,16). The number of rotatable bonds is 8. The molecule has 0 radical (unpaired) electrons. The largest absolute Gasteiger partial charge is 0.493 e. The van der Waals surface area contributed by atoms with Crippen molar-refractivity contribution in [1.82, 2.24) is 5.32 Å². The molecule has 0 aromatic heterocycles. The lowest BCUT2D eigenvalue weighted by Crippen LogP contribution is -2.14. The molecule has 5 nitrogen and oxygen atoms in total. The van der Waals surface area contributed by atoms with E-state index in [0.717, 1.165) is 25.1 Å². The van der Waals surface area contributed by atoms with Gasteiger partial charge < -0.3 is 19.9 Å². The summed E-state index contributed by atoms with van der Waals surface area (Å²) in [5, 5.41) is 11.8. The van der Waals surface area contributed by atoms with Crippen LogP contribution < -0.4 is 14.8 Å². The Bertz CT molecular complexity index is 393. The van der Waals surface area contributed by atoms with E-state index in [-0.39, 0.29) is 6.61 Å². The Labute approximate surface area is 107 Å². The van der Waals surface area contributed by atoms with Gasteiger partial charge >= 0.3 is 5.97 Å². The zero-order valence-electron chi connectivity index (χ0n) is 10.7. The molecule has 5 heteroatoms. The Kier molecular flexibility index (Phi) is 6.00. The van der Waals surface area contributed by atoms with Gasteiger partial charge in [-0.3, -0.25) is 0 Å². The zero-order valence-corrected chi connectivity index (χ0v) is 10.7. The third-order valence-electron chi connectivity index (χ3n) is 2.34. The van der Waals surface area contributed by atoms with Crippen molar-refractivity contribution in [3.63, 3.8) is 0 Å². The summed E-state index contributed by atoms with van der Waals surface area (Å²) in [6.07, 6.45) is 1.08. The normalized spacial score (nSPS) is 10.1. The Morgan fingerprint density at radius 3 is 2.78 bits per heavy atom. The van der Waals surface area contributed by atoms with E-state index in [2.05, 4.69) is 12.2 Å². The van der Waals surface area contributed by atoms with Crippen molar-refractivity contribution in [3.05, 3.63) is 23.8 Å². The molecule has 0 atom stereocenters. The minimum atomic E-state index is -1.01. The first-order valence-electron chi connectivity index (χ1n) is 5.89. The molecular weight excluding hydrogens is 234 g/mol. The van der Waals surface area contributed by atoms with Crippen molar-refractivity contribution in [3.8, 4) is 11.5 Å². The first kappa shape index (κ1) is 14.3. The number of carbonyl (C=O) groups is 1. The number of ether oxygens (including phenoxy) is 2. The van der Waals surface area contributed by atoms with Gasteiger partial charge in [0.15, 0.2) is 18.1 Å². The molecule has 0 spiro atoms. The van der Waals surface area contributed by atoms with Crippen LogP contribution in [0, 0.1) is 0 Å². The van der Waals surface area contributed by atoms with E-state index in [0.29, 0.717) is 11.5 Å². The zero-order chi connectivity index (χ0) is 13.4. The number of carboxylic acid groups (broad SMARTS) is 1. The molecule has 100 valence electrons. The maximum atomic E-state index is 10.4. The van der Waals surface area contributed by atoms with E-state index in [1.54, 1.807) is 6.07 Å². The minimum absolute atomic E-state index is 0.371. The summed E-state index contributed by atoms with van der Waals surface area (Å²) in [6, 6.07) is 5.47. The summed E-state index contributed by atoms with van der Waals surface area (Å²) in [5.74, 6) is -0.0167. The molecule has 1 aromatic rings. The van der Waals surface area contributed by atoms with Crippen LogP contribution >= 0.6 is 0 Å². The first-order valence-corrected chi connectivity index (χ1v) is 5.89. The average molecular weight is 253 g/mol. The summed E-state index contributed by atoms with van der Waals surface area (Å²) < 4.78 is 10.3. The molecule has 0 aliphatic heterocycles. The number of hydrogen-bond donors (Lipinski definition) is 2. The lowest BCUT2D eigenvalue weighted by Gasteiger charge is -2.11. The second-order valence-corrected chi connectivity index (χ2v) is 3.84. The van der Waals surface area contributed by atoms with E-state index in [1.807, 2.05) is 12.1 Å². The summed E-state index contributed by atoms with van der Waals surface area (Å²) in [6.45, 7) is 3.45. The molecule has 18 heavy (non-hydrogen) atoms. The smallest absolute Gasteiger partial charge is 0.341 e. The van der Waals surface area contributed by atoms with Crippen LogP contribution in [-0.4, -0.2) is 31.3 Å². The summed E-state index contributed by atoms with van der Waals surface area (Å²) >= 11 is 0. The van der Waals surface area contributed by atoms with Crippen molar-refractivity contribution in [1.29, 1.82) is 0 Å². The predicted molar refractivity (Wildman–Crippen MR) is 68.1 cm³/mol. The fourth-order valence-electron chi connectivity index (χ4n) is 1.49. The number of nitrogens with one attached hydrogen (secondary N) is 1. The summed E-state index contributed by atoms with van der Waals surface area (Å²) in [4.78, 5) is 10.4. The fourth-order valence-corrected chi connectivity index (χ4v) is 1.49. The van der Waals surface area contributed by atoms with Crippen LogP contribution in [0.5, 0.6) is 11.5 Å². The SMILES string of the molecule is CCCNCc1ccc(OCC(=O)O)c(OC)c1. The highest BCUT2D eigenvalue weighted by Gasteiger charge is 2.07. The van der Waals surface area contributed by atoms with Gasteiger partial charge in [0.05, 0.1) is 7.11 Å². The predicted octanol–water partition coefficient (Wildman–Crippen LogP) is 1.66. The van der Waals surface area contributed by atoms with Crippen molar-refractivity contribution in [2.75, 3.05) is 20.3 Å². The molecule has 0 bridgehead atoms. The number of carboxylic acids is 1. The molecule has 0 fully saturated rings. The average Bonchev–Trinajstić information content (AvgIpc) is 2.37. The van der Waals surface area contributed by atoms with Crippen LogP contribution in [0.3, 0.4) is 0 Å². The Hall–Kier alpha value is -1.75. The van der Waals surface area contributed by atoms with E-state index in [9.17, 15) is 4.79 Å². The van der Waals surface area contributed by atoms with Gasteiger partial charge in [-0.05, 0) is 30.7 Å². The van der Waals surface area contributed by atoms with Crippen LogP contribution in [0.1, 0.15) is 18.9 Å². The molecule has 2 N–H and O–H groups in total. The molecule has 1 rings (SSSR count). The number of benzene rings is 1. The molecule has 0 heterocycles. The van der Waals surface area contributed by atoms with Crippen LogP contribution in [0.15, 0.2) is 18.2 Å². The van der Waals surface area contributed by atoms with Crippen molar-refractivity contribution in [2.45, 2.75) is 19.9 Å². The van der Waals surface area contributed by atoms with Crippen LogP contribution in [-0.2, 0) is 11.3 Å². The maximum absolute atomic E-state index is 10.4. The van der Waals surface area contributed by atoms with Gasteiger partial charge in [-0.25, -0.2) is 4.79 Å². The maximum Gasteiger partial charge on any atom is 0.341 e. The second-order valence-electron chi connectivity index (χ2n) is 3.84. The lowest BCUT2D eigenvalue weighted by molar-refractivity contribution is -0.139. The van der Waals surface area contributed by atoms with Crippen LogP contribution in [0.2, 0.25) is 0 Å². The van der Waals surface area contributed by atoms with E-state index in [1.165, 1.54) is 7.11 Å². The Morgan fingerprint density at radius 1 is 1.39 bits per heavy atom. The highest BCUT2D eigenvalue weighted by Crippen LogP contribution is 2.27. The van der Waals surface area contributed by atoms with Gasteiger partial charge in [-0.15, -0.1) is 0 Å². The molecule has 0 aliphatic rings. The minimum Gasteiger partial charge on any atom is -0.493 e. The van der Waals surface area contributed by atoms with Gasteiger partial charge in [0, 0.05) is 6.54 Å². The Morgan fingerprint density at radius 2 is 2.17 bits per heavy atom. The topological polar surface area (TPSA) is 67.8 Å². The van der Waals surface area contributed by atoms with Crippen molar-refractivity contribution < 1.29 is 19.4 Å². The quantitative estimate of drug-likeness (QED) is 0.690. The Balaban J connectivity index is 2.67. The highest BCUT2D eigenvalue weighted by molar-refractivity contribution is 5.68. The van der Waals surface area contributed by atoms with Crippen LogP contribution in [0.4, 0.5) is 0 Å². The monoisotopic (exact) mass is 253 g/mol. The lowest BCUT2D eigenvalue weighted by atomic mass is 10.2. The number of aliphatic carboxylic acids is 1. The van der Waals surface area contributed by atoms with E-state index >= 15 is 0 Å². The third kappa shape index (κ3) is 4.63. The molecule has 0 saturated carbocycles. The fraction of sp³-hybridized carbons (Fsp3) is 0.462. The third-order valence-corrected chi connectivity index (χ3v) is 2.34. The molecule has 0 unspecified atom stereocenters. The molecule has 0 saturated heterocycles. The number of methoxy groups -OCH3 is 1. The molecular formula is C13H19NO4. The molecule has 1 aromatic carbocycles. The second kappa shape index (κ2) is 7.55. The van der Waals surface area contributed by atoms with Crippen molar-refractivity contribution in [2.24, 2.45) is 0 Å².